The summed E-state index contributed by atoms with van der Waals surface area (Å²) < 4.78 is 57.3. The first-order valence-electron chi connectivity index (χ1n) is 5.86. The zero-order valence-electron chi connectivity index (χ0n) is 10.0. The maximum absolute atomic E-state index is 13.5. The van der Waals surface area contributed by atoms with Crippen molar-refractivity contribution in [2.45, 2.75) is 24.9 Å². The van der Waals surface area contributed by atoms with Gasteiger partial charge in [0.25, 0.3) is 0 Å². The Morgan fingerprint density at radius 2 is 2.05 bits per heavy atom. The summed E-state index contributed by atoms with van der Waals surface area (Å²) in [6.07, 6.45) is -6.45. The van der Waals surface area contributed by atoms with E-state index in [1.165, 1.54) is 6.07 Å². The number of ether oxygens (including phenoxy) is 1. The molecule has 0 spiro atoms. The smallest absolute Gasteiger partial charge is 0.420 e. The molecule has 1 saturated heterocycles. The Labute approximate surface area is 107 Å². The molecule has 19 heavy (non-hydrogen) atoms. The average molecular weight is 278 g/mol. The van der Waals surface area contributed by atoms with Gasteiger partial charge in [-0.25, -0.2) is 4.39 Å². The van der Waals surface area contributed by atoms with E-state index in [4.69, 9.17) is 10.5 Å². The number of alkyl halides is 4. The number of rotatable bonds is 2. The third-order valence-corrected chi connectivity index (χ3v) is 2.94. The summed E-state index contributed by atoms with van der Waals surface area (Å²) in [4.78, 5) is 0. The normalized spacial score (nSPS) is 24.2. The van der Waals surface area contributed by atoms with Crippen molar-refractivity contribution in [2.75, 3.05) is 18.8 Å². The number of halogens is 4. The molecule has 7 heteroatoms. The highest BCUT2D eigenvalue weighted by atomic mass is 19.4. The number of anilines is 1. The number of hydrogen-bond acceptors (Lipinski definition) is 3. The predicted octanol–water partition coefficient (Wildman–Crippen LogP) is 2.37. The van der Waals surface area contributed by atoms with Crippen molar-refractivity contribution in [1.29, 1.82) is 0 Å². The molecule has 1 aliphatic rings. The lowest BCUT2D eigenvalue weighted by Crippen LogP contribution is -2.44. The summed E-state index contributed by atoms with van der Waals surface area (Å²) in [5.74, 6) is -0.378. The van der Waals surface area contributed by atoms with Crippen molar-refractivity contribution < 1.29 is 22.3 Å². The van der Waals surface area contributed by atoms with Gasteiger partial charge < -0.3 is 15.8 Å². The molecule has 0 bridgehead atoms. The van der Waals surface area contributed by atoms with E-state index in [-0.39, 0.29) is 18.0 Å². The zero-order chi connectivity index (χ0) is 14.0. The van der Waals surface area contributed by atoms with Crippen molar-refractivity contribution in [2.24, 2.45) is 0 Å². The number of nitrogen functional groups attached to an aromatic ring is 1. The SMILES string of the molecule is Nc1ccc(O[C@@H]2CCNC[C@H]2F)c(C(F)(F)F)c1. The predicted molar refractivity (Wildman–Crippen MR) is 62.7 cm³/mol. The summed E-state index contributed by atoms with van der Waals surface area (Å²) in [5.41, 5.74) is 4.36. The van der Waals surface area contributed by atoms with Crippen LogP contribution < -0.4 is 15.8 Å². The first-order valence-corrected chi connectivity index (χ1v) is 5.86. The van der Waals surface area contributed by atoms with Crippen LogP contribution in [0.4, 0.5) is 23.2 Å². The molecule has 3 nitrogen and oxygen atoms in total. The van der Waals surface area contributed by atoms with Crippen LogP contribution in [0.5, 0.6) is 5.75 Å². The summed E-state index contributed by atoms with van der Waals surface area (Å²) in [6.45, 7) is 0.600. The monoisotopic (exact) mass is 278 g/mol. The lowest BCUT2D eigenvalue weighted by Gasteiger charge is -2.28. The van der Waals surface area contributed by atoms with Crippen molar-refractivity contribution in [3.8, 4) is 5.75 Å². The highest BCUT2D eigenvalue weighted by molar-refractivity contribution is 5.49. The average Bonchev–Trinajstić information content (AvgIpc) is 2.33. The Kier molecular flexibility index (Phi) is 3.84. The molecular weight excluding hydrogens is 264 g/mol. The largest absolute Gasteiger partial charge is 0.487 e. The van der Waals surface area contributed by atoms with E-state index in [0.29, 0.717) is 13.0 Å². The van der Waals surface area contributed by atoms with Gasteiger partial charge in [-0.3, -0.25) is 0 Å². The topological polar surface area (TPSA) is 47.3 Å². The minimum Gasteiger partial charge on any atom is -0.487 e. The lowest BCUT2D eigenvalue weighted by atomic mass is 10.1. The Morgan fingerprint density at radius 3 is 2.68 bits per heavy atom. The van der Waals surface area contributed by atoms with E-state index in [9.17, 15) is 17.6 Å². The van der Waals surface area contributed by atoms with Crippen LogP contribution in [-0.2, 0) is 6.18 Å². The second kappa shape index (κ2) is 5.24. The van der Waals surface area contributed by atoms with Gasteiger partial charge in [0.1, 0.15) is 18.0 Å². The standard InChI is InChI=1S/C12H14F4N2O/c13-9-6-18-4-3-11(9)19-10-2-1-7(17)5-8(10)12(14,15)16/h1-2,5,9,11,18H,3-4,6,17H2/t9-,11-/m1/s1. The summed E-state index contributed by atoms with van der Waals surface area (Å²) in [7, 11) is 0. The molecule has 1 aliphatic heterocycles. The van der Waals surface area contributed by atoms with Crippen LogP contribution in [0.2, 0.25) is 0 Å². The van der Waals surface area contributed by atoms with Crippen molar-refractivity contribution in [3.63, 3.8) is 0 Å². The van der Waals surface area contributed by atoms with Crippen LogP contribution in [0.1, 0.15) is 12.0 Å². The molecule has 1 fully saturated rings. The highest BCUT2D eigenvalue weighted by Gasteiger charge is 2.36. The van der Waals surface area contributed by atoms with Crippen LogP contribution in [0.3, 0.4) is 0 Å². The third-order valence-electron chi connectivity index (χ3n) is 2.94. The molecule has 0 aromatic heterocycles. The molecule has 0 aliphatic carbocycles. The van der Waals surface area contributed by atoms with E-state index in [0.717, 1.165) is 12.1 Å². The van der Waals surface area contributed by atoms with Gasteiger partial charge in [-0.05, 0) is 31.2 Å². The minimum atomic E-state index is -4.58. The Balaban J connectivity index is 2.24. The van der Waals surface area contributed by atoms with Gasteiger partial charge in [0.15, 0.2) is 0 Å². The fraction of sp³-hybridized carbons (Fsp3) is 0.500. The molecule has 3 N–H and O–H groups in total. The van der Waals surface area contributed by atoms with E-state index in [2.05, 4.69) is 5.32 Å². The first-order chi connectivity index (χ1) is 8.88. The van der Waals surface area contributed by atoms with E-state index >= 15 is 0 Å². The van der Waals surface area contributed by atoms with Crippen molar-refractivity contribution >= 4 is 5.69 Å². The van der Waals surface area contributed by atoms with Gasteiger partial charge in [0.2, 0.25) is 0 Å². The summed E-state index contributed by atoms with van der Waals surface area (Å²) in [5, 5.41) is 2.81. The quantitative estimate of drug-likeness (QED) is 0.645. The number of nitrogens with two attached hydrogens (primary N) is 1. The summed E-state index contributed by atoms with van der Waals surface area (Å²) >= 11 is 0. The molecule has 1 aromatic carbocycles. The van der Waals surface area contributed by atoms with Crippen molar-refractivity contribution in [3.05, 3.63) is 23.8 Å². The summed E-state index contributed by atoms with van der Waals surface area (Å²) in [6, 6.07) is 3.23. The van der Waals surface area contributed by atoms with E-state index in [1.807, 2.05) is 0 Å². The van der Waals surface area contributed by atoms with E-state index in [1.54, 1.807) is 0 Å². The molecule has 2 atom stereocenters. The van der Waals surface area contributed by atoms with Crippen LogP contribution in [0.25, 0.3) is 0 Å². The highest BCUT2D eigenvalue weighted by Crippen LogP contribution is 2.38. The minimum absolute atomic E-state index is 0.0122. The Morgan fingerprint density at radius 1 is 1.32 bits per heavy atom. The van der Waals surface area contributed by atoms with Gasteiger partial charge in [-0.15, -0.1) is 0 Å². The molecule has 106 valence electrons. The maximum atomic E-state index is 13.5. The lowest BCUT2D eigenvalue weighted by molar-refractivity contribution is -0.139. The number of nitrogens with one attached hydrogen (secondary N) is 1. The van der Waals surface area contributed by atoms with E-state index < -0.39 is 24.0 Å². The molecule has 0 amide bonds. The second-order valence-electron chi connectivity index (χ2n) is 4.42. The molecule has 1 heterocycles. The van der Waals surface area contributed by atoms with Gasteiger partial charge in [-0.1, -0.05) is 0 Å². The van der Waals surface area contributed by atoms with Crippen LogP contribution in [0, 0.1) is 0 Å². The molecular formula is C12H14F4N2O. The number of benzene rings is 1. The van der Waals surface area contributed by atoms with Gasteiger partial charge in [-0.2, -0.15) is 13.2 Å². The molecule has 0 unspecified atom stereocenters. The molecule has 2 rings (SSSR count). The second-order valence-corrected chi connectivity index (χ2v) is 4.42. The Hall–Kier alpha value is -1.50. The first kappa shape index (κ1) is 13.9. The third kappa shape index (κ3) is 3.28. The molecule has 1 aromatic rings. The number of piperidine rings is 1. The van der Waals surface area contributed by atoms with Crippen molar-refractivity contribution in [1.82, 2.24) is 5.32 Å². The van der Waals surface area contributed by atoms with Crippen LogP contribution >= 0.6 is 0 Å². The Bertz CT molecular complexity index is 450. The molecule has 0 saturated carbocycles. The fourth-order valence-electron chi connectivity index (χ4n) is 1.96. The fourth-order valence-corrected chi connectivity index (χ4v) is 1.96. The van der Waals surface area contributed by atoms with Gasteiger partial charge in [0, 0.05) is 12.2 Å². The van der Waals surface area contributed by atoms with Gasteiger partial charge in [0.05, 0.1) is 5.56 Å². The van der Waals surface area contributed by atoms with Crippen LogP contribution in [0.15, 0.2) is 18.2 Å². The maximum Gasteiger partial charge on any atom is 0.420 e. The van der Waals surface area contributed by atoms with Crippen LogP contribution in [-0.4, -0.2) is 25.4 Å². The molecule has 0 radical (unpaired) electrons. The van der Waals surface area contributed by atoms with Gasteiger partial charge >= 0.3 is 6.18 Å². The number of hydrogen-bond donors (Lipinski definition) is 2. The zero-order valence-corrected chi connectivity index (χ0v) is 10.0.